The number of amides is 3. The van der Waals surface area contributed by atoms with Crippen LogP contribution in [-0.2, 0) is 43.2 Å². The summed E-state index contributed by atoms with van der Waals surface area (Å²) in [5, 5.41) is 46.4. The fourth-order valence-electron chi connectivity index (χ4n) is 5.38. The molecule has 1 aliphatic heterocycles. The third-order valence-electron chi connectivity index (χ3n) is 8.00. The third kappa shape index (κ3) is 22.0. The molecule has 0 aromatic heterocycles. The average Bonchev–Trinajstić information content (AvgIpc) is 3.04. The minimum absolute atomic E-state index is 0.0859. The summed E-state index contributed by atoms with van der Waals surface area (Å²) >= 11 is 0. The Morgan fingerprint density at radius 1 is 0.577 bits per heavy atom. The van der Waals surface area contributed by atoms with Crippen molar-refractivity contribution in [1.29, 1.82) is 0 Å². The molecule has 23 nitrogen and oxygen atoms in total. The molecular weight excluding hydrogens is 696 g/mol. The number of carboxylic acid groups (broad SMARTS) is 4. The maximum atomic E-state index is 12.8. The van der Waals surface area contributed by atoms with E-state index in [0.717, 1.165) is 0 Å². The van der Waals surface area contributed by atoms with E-state index in [1.54, 1.807) is 19.6 Å². The van der Waals surface area contributed by atoms with Crippen molar-refractivity contribution in [3.63, 3.8) is 0 Å². The van der Waals surface area contributed by atoms with Crippen molar-refractivity contribution in [2.24, 2.45) is 11.8 Å². The molecule has 0 radical (unpaired) electrons. The van der Waals surface area contributed by atoms with Gasteiger partial charge in [-0.3, -0.25) is 67.7 Å². The van der Waals surface area contributed by atoms with Crippen LogP contribution in [0, 0.1) is 0 Å². The van der Waals surface area contributed by atoms with E-state index in [0.29, 0.717) is 19.6 Å². The number of rotatable bonds is 24. The van der Waals surface area contributed by atoms with Crippen LogP contribution in [0.4, 0.5) is 0 Å². The van der Waals surface area contributed by atoms with Gasteiger partial charge in [-0.2, -0.15) is 0 Å². The van der Waals surface area contributed by atoms with E-state index < -0.39 is 47.6 Å². The highest BCUT2D eigenvalue weighted by atomic mass is 16.6. The van der Waals surface area contributed by atoms with Gasteiger partial charge in [0.2, 0.25) is 17.7 Å². The molecule has 1 unspecified atom stereocenters. The second-order valence-corrected chi connectivity index (χ2v) is 12.0. The molecule has 11 N–H and O–H groups in total. The average molecular weight is 751 g/mol. The first-order valence-corrected chi connectivity index (χ1v) is 16.7. The Bertz CT molecular complexity index is 1100. The summed E-state index contributed by atoms with van der Waals surface area (Å²) in [7, 11) is 0. The molecule has 3 amide bonds. The fourth-order valence-corrected chi connectivity index (χ4v) is 5.38. The Balaban J connectivity index is 2.92. The summed E-state index contributed by atoms with van der Waals surface area (Å²) < 4.78 is 0. The third-order valence-corrected chi connectivity index (χ3v) is 8.00. The second-order valence-electron chi connectivity index (χ2n) is 12.0. The second kappa shape index (κ2) is 26.7. The zero-order valence-corrected chi connectivity index (χ0v) is 29.3. The van der Waals surface area contributed by atoms with Gasteiger partial charge >= 0.3 is 23.9 Å². The molecule has 1 aliphatic rings. The summed E-state index contributed by atoms with van der Waals surface area (Å²) in [4.78, 5) is 100.0. The maximum Gasteiger partial charge on any atom is 0.320 e. The summed E-state index contributed by atoms with van der Waals surface area (Å²) in [5.74, 6) is 4.00. The van der Waals surface area contributed by atoms with Crippen molar-refractivity contribution in [2.45, 2.75) is 18.9 Å². The minimum Gasteiger partial charge on any atom is -0.480 e. The normalized spacial score (nSPS) is 16.3. The van der Waals surface area contributed by atoms with Gasteiger partial charge in [-0.25, -0.2) is 11.8 Å². The number of nitrogens with zero attached hydrogens (tertiary/aromatic N) is 5. The highest BCUT2D eigenvalue weighted by Crippen LogP contribution is 2.11. The molecule has 0 saturated carbocycles. The molecule has 1 heterocycles. The van der Waals surface area contributed by atoms with Gasteiger partial charge in [0, 0.05) is 98.0 Å². The molecule has 0 aromatic carbocycles. The van der Waals surface area contributed by atoms with Gasteiger partial charge in [0.15, 0.2) is 0 Å². The quantitative estimate of drug-likeness (QED) is 0.0415. The van der Waals surface area contributed by atoms with E-state index in [4.69, 9.17) is 11.8 Å². The van der Waals surface area contributed by atoms with E-state index in [1.807, 2.05) is 4.90 Å². The molecule has 0 bridgehead atoms. The molecule has 1 atom stereocenters. The zero-order chi connectivity index (χ0) is 38.9. The number of hydrogen-bond donors (Lipinski definition) is 9. The predicted molar refractivity (Wildman–Crippen MR) is 180 cm³/mol. The van der Waals surface area contributed by atoms with Crippen molar-refractivity contribution in [1.82, 2.24) is 40.4 Å². The van der Waals surface area contributed by atoms with Crippen LogP contribution in [0.15, 0.2) is 0 Å². The van der Waals surface area contributed by atoms with E-state index in [1.165, 1.54) is 0 Å². The number of aliphatic carboxylic acids is 4. The monoisotopic (exact) mass is 750 g/mol. The maximum absolute atomic E-state index is 12.8. The highest BCUT2D eigenvalue weighted by molar-refractivity contribution is 5.79. The predicted octanol–water partition coefficient (Wildman–Crippen LogP) is -5.87. The van der Waals surface area contributed by atoms with Crippen LogP contribution in [0.3, 0.4) is 0 Å². The molecule has 0 aromatic rings. The van der Waals surface area contributed by atoms with Crippen LogP contribution in [0.5, 0.6) is 0 Å². The van der Waals surface area contributed by atoms with Crippen LogP contribution in [-0.4, -0.2) is 217 Å². The summed E-state index contributed by atoms with van der Waals surface area (Å²) in [6.45, 7) is 1.07. The Labute approximate surface area is 301 Å². The smallest absolute Gasteiger partial charge is 0.320 e. The lowest BCUT2D eigenvalue weighted by Gasteiger charge is -2.35. The summed E-state index contributed by atoms with van der Waals surface area (Å²) in [5.41, 5.74) is 0. The standard InChI is InChI=1S/C29H54N10O13/c30-51-20-24(41)33-4-7-35(8-5-34-25(42)21-52-31)6-3-32-23(40)2-1-22(29(49)50)39-15-13-37(18-27(45)46)11-9-36(17-26(43)44)10-12-38(14-16-39)19-28(47)48/h22H,1-21,30-31H2,(H,32,40)(H,33,41)(H,34,42)(H,43,44)(H,45,46)(H,47,48)(H,49,50). The van der Waals surface area contributed by atoms with E-state index >= 15 is 0 Å². The molecule has 23 heteroatoms. The van der Waals surface area contributed by atoms with Gasteiger partial charge < -0.3 is 36.4 Å². The van der Waals surface area contributed by atoms with Gasteiger partial charge in [-0.1, -0.05) is 0 Å². The van der Waals surface area contributed by atoms with Crippen molar-refractivity contribution < 1.29 is 63.7 Å². The number of nitrogens with two attached hydrogens (primary N) is 2. The Morgan fingerprint density at radius 3 is 1.25 bits per heavy atom. The molecule has 0 spiro atoms. The van der Waals surface area contributed by atoms with Crippen molar-refractivity contribution in [2.75, 3.05) is 124 Å². The number of carbonyl (C=O) groups excluding carboxylic acids is 3. The molecule has 298 valence electrons. The molecular formula is C29H54N10O13. The molecule has 1 saturated heterocycles. The lowest BCUT2D eigenvalue weighted by molar-refractivity contribution is -0.145. The van der Waals surface area contributed by atoms with Gasteiger partial charge in [-0.15, -0.1) is 0 Å². The molecule has 1 rings (SSSR count). The first-order chi connectivity index (χ1) is 24.7. The van der Waals surface area contributed by atoms with E-state index in [2.05, 4.69) is 25.6 Å². The topological polar surface area (TPSA) is 323 Å². The number of nitrogens with one attached hydrogen (secondary N) is 3. The van der Waals surface area contributed by atoms with Crippen LogP contribution in [0.2, 0.25) is 0 Å². The Morgan fingerprint density at radius 2 is 0.923 bits per heavy atom. The summed E-state index contributed by atoms with van der Waals surface area (Å²) in [6, 6.07) is -1.16. The number of carbonyl (C=O) groups is 7. The van der Waals surface area contributed by atoms with Gasteiger partial charge in [0.25, 0.3) is 0 Å². The summed E-state index contributed by atoms with van der Waals surface area (Å²) in [6.07, 6.45) is -0.265. The van der Waals surface area contributed by atoms with Crippen molar-refractivity contribution in [3.8, 4) is 0 Å². The number of hydrogen-bond acceptors (Lipinski definition) is 16. The Kier molecular flexibility index (Phi) is 23.6. The van der Waals surface area contributed by atoms with Crippen LogP contribution >= 0.6 is 0 Å². The fraction of sp³-hybridized carbons (Fsp3) is 0.759. The first kappa shape index (κ1) is 46.0. The minimum atomic E-state index is -1.21. The number of carboxylic acids is 4. The lowest BCUT2D eigenvalue weighted by atomic mass is 10.1. The van der Waals surface area contributed by atoms with Gasteiger partial charge in [-0.05, 0) is 6.42 Å². The Hall–Kier alpha value is -4.07. The lowest BCUT2D eigenvalue weighted by Crippen LogP contribution is -2.52. The van der Waals surface area contributed by atoms with Crippen LogP contribution in [0.25, 0.3) is 0 Å². The SMILES string of the molecule is NOCC(=O)NCCN(CCNC(=O)CCC(C(=O)O)N1CCN(CC(=O)O)CCN(CC(=O)O)CCN(CC(=O)O)CC1)CCNC(=O)CON. The molecule has 52 heavy (non-hydrogen) atoms. The molecule has 1 fully saturated rings. The van der Waals surface area contributed by atoms with Gasteiger partial charge in [0.1, 0.15) is 19.3 Å². The van der Waals surface area contributed by atoms with E-state index in [9.17, 15) is 54.0 Å². The van der Waals surface area contributed by atoms with Gasteiger partial charge in [0.05, 0.1) is 19.6 Å². The largest absolute Gasteiger partial charge is 0.480 e. The van der Waals surface area contributed by atoms with Crippen molar-refractivity contribution in [3.05, 3.63) is 0 Å². The van der Waals surface area contributed by atoms with Crippen molar-refractivity contribution >= 4 is 41.6 Å². The highest BCUT2D eigenvalue weighted by Gasteiger charge is 2.28. The first-order valence-electron chi connectivity index (χ1n) is 16.7. The molecule has 0 aliphatic carbocycles. The van der Waals surface area contributed by atoms with Crippen LogP contribution in [0.1, 0.15) is 12.8 Å². The zero-order valence-electron chi connectivity index (χ0n) is 29.3. The van der Waals surface area contributed by atoms with E-state index in [-0.39, 0.29) is 118 Å². The van der Waals surface area contributed by atoms with Crippen LogP contribution < -0.4 is 27.7 Å².